The van der Waals surface area contributed by atoms with Crippen LogP contribution in [0.2, 0.25) is 0 Å². The molecule has 0 aromatic heterocycles. The highest BCUT2D eigenvalue weighted by Gasteiger charge is 2.38. The Labute approximate surface area is 247 Å². The lowest BCUT2D eigenvalue weighted by atomic mass is 10.0. The second-order valence-electron chi connectivity index (χ2n) is 9.06. The number of alkyl halides is 6. The first-order valence-corrected chi connectivity index (χ1v) is 12.7. The minimum atomic E-state index is -5.08. The average Bonchev–Trinajstić information content (AvgIpc) is 2.88. The molecule has 0 aliphatic rings. The predicted octanol–water partition coefficient (Wildman–Crippen LogP) is 1.17. The third kappa shape index (κ3) is 23.6. The van der Waals surface area contributed by atoms with Gasteiger partial charge < -0.3 is 42.5 Å². The number of carbonyl (C=O) groups excluding carboxylic acids is 2. The van der Waals surface area contributed by atoms with E-state index >= 15 is 0 Å². The Hall–Kier alpha value is -3.97. The number of aliphatic carboxylic acids is 3. The molecular weight excluding hydrogens is 614 g/mol. The molecule has 0 aliphatic heterocycles. The van der Waals surface area contributed by atoms with Crippen LogP contribution in [0.1, 0.15) is 44.1 Å². The second kappa shape index (κ2) is 21.7. The van der Waals surface area contributed by atoms with Crippen LogP contribution in [0.3, 0.4) is 0 Å². The van der Waals surface area contributed by atoms with E-state index in [0.29, 0.717) is 19.4 Å². The maximum absolute atomic E-state index is 12.6. The van der Waals surface area contributed by atoms with Crippen molar-refractivity contribution in [2.75, 3.05) is 13.2 Å². The van der Waals surface area contributed by atoms with Crippen molar-refractivity contribution in [3.05, 3.63) is 35.9 Å². The van der Waals surface area contributed by atoms with Crippen LogP contribution >= 0.6 is 0 Å². The number of carboxylic acid groups (broad SMARTS) is 3. The Morgan fingerprint density at radius 1 is 0.750 bits per heavy atom. The van der Waals surface area contributed by atoms with Gasteiger partial charge in [0.05, 0.1) is 13.0 Å². The topological polar surface area (TPSA) is 242 Å². The number of aliphatic hydroxyl groups is 1. The van der Waals surface area contributed by atoms with E-state index in [1.54, 1.807) is 0 Å². The summed E-state index contributed by atoms with van der Waals surface area (Å²) in [5.74, 6) is -7.18. The van der Waals surface area contributed by atoms with Gasteiger partial charge in [-0.05, 0) is 31.4 Å². The Morgan fingerprint density at radius 3 is 1.61 bits per heavy atom. The molecule has 3 atom stereocenters. The molecule has 10 N–H and O–H groups in total. The molecule has 0 fully saturated rings. The maximum Gasteiger partial charge on any atom is 0.490 e. The normalized spacial score (nSPS) is 13.0. The van der Waals surface area contributed by atoms with Gasteiger partial charge in [-0.15, -0.1) is 0 Å². The molecule has 0 spiro atoms. The molecule has 0 bridgehead atoms. The third-order valence-electron chi connectivity index (χ3n) is 5.08. The smallest absolute Gasteiger partial charge is 0.481 e. The van der Waals surface area contributed by atoms with Crippen LogP contribution in [0.25, 0.3) is 0 Å². The highest BCUT2D eigenvalue weighted by molar-refractivity contribution is 5.80. The molecule has 0 unspecified atom stereocenters. The monoisotopic (exact) mass is 650 g/mol. The third-order valence-corrected chi connectivity index (χ3v) is 5.08. The fourth-order valence-electron chi connectivity index (χ4n) is 3.14. The molecule has 19 heteroatoms. The van der Waals surface area contributed by atoms with Gasteiger partial charge in [0.1, 0.15) is 0 Å². The van der Waals surface area contributed by atoms with Crippen LogP contribution in [-0.4, -0.2) is 93.8 Å². The quantitative estimate of drug-likeness (QED) is 0.0989. The van der Waals surface area contributed by atoms with E-state index in [4.69, 9.17) is 36.4 Å². The average molecular weight is 651 g/mol. The summed E-state index contributed by atoms with van der Waals surface area (Å²) >= 11 is 0. The van der Waals surface area contributed by atoms with Crippen molar-refractivity contribution in [2.24, 2.45) is 11.5 Å². The van der Waals surface area contributed by atoms with Gasteiger partial charge in [0.2, 0.25) is 11.8 Å². The van der Waals surface area contributed by atoms with Crippen LogP contribution in [-0.2, 0) is 30.4 Å². The van der Waals surface area contributed by atoms with Crippen molar-refractivity contribution in [3.8, 4) is 0 Å². The number of amides is 2. The number of aliphatic hydroxyl groups excluding tert-OH is 1. The Balaban J connectivity index is 0. The summed E-state index contributed by atoms with van der Waals surface area (Å²) in [6, 6.07) is 7.70. The van der Waals surface area contributed by atoms with Gasteiger partial charge in [0, 0.05) is 31.0 Å². The molecule has 0 aliphatic carbocycles. The van der Waals surface area contributed by atoms with E-state index < -0.39 is 48.4 Å². The molecule has 252 valence electrons. The van der Waals surface area contributed by atoms with Crippen LogP contribution in [0.4, 0.5) is 26.3 Å². The SMILES string of the molecule is NCCCC[C@@H](CC(=O)N[C@H](CC(=O)O)Cc1ccccc1)NC(=O)C[C@@H](N)CO.O=C(O)C(F)(F)F.O=C(O)C(F)(F)F. The number of benzene rings is 1. The number of nitrogens with one attached hydrogen (secondary N) is 2. The first-order valence-electron chi connectivity index (χ1n) is 12.7. The molecule has 1 aromatic rings. The molecule has 0 radical (unpaired) electrons. The number of hydrogen-bond acceptors (Lipinski definition) is 8. The minimum Gasteiger partial charge on any atom is -0.481 e. The first kappa shape index (κ1) is 42.2. The molecule has 0 saturated heterocycles. The van der Waals surface area contributed by atoms with Gasteiger partial charge in [-0.1, -0.05) is 36.8 Å². The second-order valence-corrected chi connectivity index (χ2v) is 9.06. The predicted molar refractivity (Wildman–Crippen MR) is 141 cm³/mol. The fraction of sp³-hybridized carbons (Fsp3) is 0.560. The van der Waals surface area contributed by atoms with Crippen molar-refractivity contribution in [3.63, 3.8) is 0 Å². The molecular formula is C25H36F6N4O9. The molecule has 2 amide bonds. The largest absolute Gasteiger partial charge is 0.490 e. The van der Waals surface area contributed by atoms with Gasteiger partial charge in [-0.25, -0.2) is 9.59 Å². The maximum atomic E-state index is 12.6. The minimum absolute atomic E-state index is 0.0234. The van der Waals surface area contributed by atoms with E-state index in [2.05, 4.69) is 10.6 Å². The van der Waals surface area contributed by atoms with Crippen LogP contribution in [0.5, 0.6) is 0 Å². The van der Waals surface area contributed by atoms with E-state index in [0.717, 1.165) is 18.4 Å². The van der Waals surface area contributed by atoms with Crippen molar-refractivity contribution in [1.29, 1.82) is 0 Å². The van der Waals surface area contributed by atoms with Gasteiger partial charge >= 0.3 is 30.3 Å². The molecule has 0 heterocycles. The van der Waals surface area contributed by atoms with Crippen LogP contribution in [0, 0.1) is 0 Å². The number of nitrogens with two attached hydrogens (primary N) is 2. The number of hydrogen-bond donors (Lipinski definition) is 8. The molecule has 44 heavy (non-hydrogen) atoms. The van der Waals surface area contributed by atoms with E-state index in [9.17, 15) is 45.8 Å². The fourth-order valence-corrected chi connectivity index (χ4v) is 3.14. The zero-order valence-electron chi connectivity index (χ0n) is 23.2. The van der Waals surface area contributed by atoms with Crippen molar-refractivity contribution in [1.82, 2.24) is 10.6 Å². The molecule has 1 aromatic carbocycles. The summed E-state index contributed by atoms with van der Waals surface area (Å²) in [7, 11) is 0. The van der Waals surface area contributed by atoms with Crippen LogP contribution < -0.4 is 22.1 Å². The number of rotatable bonds is 15. The van der Waals surface area contributed by atoms with Crippen molar-refractivity contribution < 1.29 is 70.7 Å². The van der Waals surface area contributed by atoms with Crippen molar-refractivity contribution >= 4 is 29.7 Å². The summed E-state index contributed by atoms with van der Waals surface area (Å²) in [4.78, 5) is 53.7. The standard InChI is InChI=1S/C21H34N4O5.2C2HF3O2/c22-9-5-4-8-17(24-19(27)11-16(23)14-26)12-20(28)25-18(13-21(29)30)10-15-6-2-1-3-7-15;2*3-2(4,5)1(6)7/h1-3,6-7,16-18,26H,4-5,8-14,22-23H2,(H,24,27)(H,25,28)(H,29,30);2*(H,6,7)/t16-,17+,18+;;/m1../s1. The Morgan fingerprint density at radius 2 is 1.20 bits per heavy atom. The molecule has 0 saturated carbocycles. The summed E-state index contributed by atoms with van der Waals surface area (Å²) in [5, 5.41) is 38.0. The van der Waals surface area contributed by atoms with Gasteiger partial charge in [0.25, 0.3) is 0 Å². The summed E-state index contributed by atoms with van der Waals surface area (Å²) in [6.45, 7) is 0.210. The van der Waals surface area contributed by atoms with E-state index in [-0.39, 0.29) is 37.7 Å². The summed E-state index contributed by atoms with van der Waals surface area (Å²) in [6.07, 6.45) is -7.92. The summed E-state index contributed by atoms with van der Waals surface area (Å²) < 4.78 is 63.5. The van der Waals surface area contributed by atoms with Gasteiger partial charge in [-0.3, -0.25) is 14.4 Å². The Kier molecular flexibility index (Phi) is 20.8. The highest BCUT2D eigenvalue weighted by Crippen LogP contribution is 2.14. The van der Waals surface area contributed by atoms with Crippen molar-refractivity contribution in [2.45, 2.75) is 75.4 Å². The zero-order valence-corrected chi connectivity index (χ0v) is 23.2. The lowest BCUT2D eigenvalue weighted by Crippen LogP contribution is -2.44. The van der Waals surface area contributed by atoms with Gasteiger partial charge in [-0.2, -0.15) is 26.3 Å². The summed E-state index contributed by atoms with van der Waals surface area (Å²) in [5.41, 5.74) is 12.0. The number of carboxylic acids is 3. The van der Waals surface area contributed by atoms with E-state index in [1.807, 2.05) is 30.3 Å². The molecule has 13 nitrogen and oxygen atoms in total. The lowest BCUT2D eigenvalue weighted by molar-refractivity contribution is -0.193. The van der Waals surface area contributed by atoms with Gasteiger partial charge in [0.15, 0.2) is 0 Å². The molecule has 1 rings (SSSR count). The lowest BCUT2D eigenvalue weighted by Gasteiger charge is -2.22. The highest BCUT2D eigenvalue weighted by atomic mass is 19.4. The number of halogens is 6. The Bertz CT molecular complexity index is 1000. The van der Waals surface area contributed by atoms with E-state index in [1.165, 1.54) is 0 Å². The van der Waals surface area contributed by atoms with Crippen LogP contribution in [0.15, 0.2) is 30.3 Å². The number of unbranched alkanes of at least 4 members (excludes halogenated alkanes) is 1. The first-order chi connectivity index (χ1) is 20.2. The zero-order chi connectivity index (χ0) is 34.5. The number of carbonyl (C=O) groups is 5.